The van der Waals surface area contributed by atoms with E-state index in [0.717, 1.165) is 6.54 Å². The first-order chi connectivity index (χ1) is 7.71. The fourth-order valence-electron chi connectivity index (χ4n) is 2.01. The highest BCUT2D eigenvalue weighted by atomic mass is 32.2. The van der Waals surface area contributed by atoms with Crippen LogP contribution in [0.1, 0.15) is 19.8 Å². The second-order valence-electron chi connectivity index (χ2n) is 4.65. The van der Waals surface area contributed by atoms with Crippen molar-refractivity contribution < 1.29 is 0 Å². The maximum absolute atomic E-state index is 3.64. The normalized spacial score (nSPS) is 25.5. The maximum atomic E-state index is 3.64. The van der Waals surface area contributed by atoms with E-state index < -0.39 is 0 Å². The molecule has 2 nitrogen and oxygen atoms in total. The molecule has 0 aliphatic carbocycles. The molecule has 1 aliphatic heterocycles. The number of rotatable bonds is 8. The first-order valence-corrected chi connectivity index (χ1v) is 8.56. The minimum atomic E-state index is 0.419. The Morgan fingerprint density at radius 3 is 2.81 bits per heavy atom. The molecule has 1 saturated heterocycles. The Morgan fingerprint density at radius 2 is 2.25 bits per heavy atom. The van der Waals surface area contributed by atoms with Gasteiger partial charge in [0.2, 0.25) is 0 Å². The van der Waals surface area contributed by atoms with Crippen LogP contribution in [0.15, 0.2) is 0 Å². The van der Waals surface area contributed by atoms with Gasteiger partial charge in [-0.2, -0.15) is 23.5 Å². The Hall–Kier alpha value is 0.620. The molecule has 1 heterocycles. The van der Waals surface area contributed by atoms with Gasteiger partial charge in [0.1, 0.15) is 0 Å². The Morgan fingerprint density at radius 1 is 1.44 bits per heavy atom. The molecular formula is C12H26N2S2. The van der Waals surface area contributed by atoms with Gasteiger partial charge in [-0.05, 0) is 50.7 Å². The van der Waals surface area contributed by atoms with Crippen LogP contribution in [0.25, 0.3) is 0 Å². The number of nitrogens with one attached hydrogen (secondary N) is 1. The molecule has 1 rings (SSSR count). The maximum Gasteiger partial charge on any atom is 0.0425 e. The van der Waals surface area contributed by atoms with Crippen LogP contribution in [0, 0.1) is 0 Å². The number of hydrogen-bond acceptors (Lipinski definition) is 4. The molecule has 0 amide bonds. The lowest BCUT2D eigenvalue weighted by Gasteiger charge is -2.36. The molecule has 1 N–H and O–H groups in total. The van der Waals surface area contributed by atoms with E-state index in [-0.39, 0.29) is 0 Å². The zero-order valence-electron chi connectivity index (χ0n) is 10.9. The van der Waals surface area contributed by atoms with E-state index in [1.54, 1.807) is 0 Å². The Balaban J connectivity index is 2.14. The van der Waals surface area contributed by atoms with Crippen LogP contribution in [0.2, 0.25) is 0 Å². The van der Waals surface area contributed by atoms with Gasteiger partial charge >= 0.3 is 0 Å². The molecule has 96 valence electrons. The molecule has 0 aromatic heterocycles. The monoisotopic (exact) mass is 262 g/mol. The SMILES string of the molecule is CCSCCCNCC1(N(C)C)CCSC1. The van der Waals surface area contributed by atoms with Crippen molar-refractivity contribution in [3.8, 4) is 0 Å². The molecule has 0 spiro atoms. The Labute approximate surface area is 109 Å². The number of thioether (sulfide) groups is 2. The summed E-state index contributed by atoms with van der Waals surface area (Å²) in [4.78, 5) is 2.42. The first-order valence-electron chi connectivity index (χ1n) is 6.25. The standard InChI is InChI=1S/C12H26N2S2/c1-4-15-8-5-7-13-10-12(14(2)3)6-9-16-11-12/h13H,4-11H2,1-3H3. The van der Waals surface area contributed by atoms with E-state index in [1.165, 1.54) is 42.4 Å². The topological polar surface area (TPSA) is 15.3 Å². The van der Waals surface area contributed by atoms with Crippen molar-refractivity contribution in [2.24, 2.45) is 0 Å². The molecule has 1 aliphatic rings. The van der Waals surface area contributed by atoms with E-state index in [0.29, 0.717) is 5.54 Å². The summed E-state index contributed by atoms with van der Waals surface area (Å²) in [5.74, 6) is 5.16. The van der Waals surface area contributed by atoms with Gasteiger partial charge in [0, 0.05) is 17.8 Å². The quantitative estimate of drug-likeness (QED) is 0.674. The van der Waals surface area contributed by atoms with Gasteiger partial charge in [-0.25, -0.2) is 0 Å². The minimum Gasteiger partial charge on any atom is -0.315 e. The molecule has 4 heteroatoms. The van der Waals surface area contributed by atoms with Gasteiger partial charge in [-0.1, -0.05) is 6.92 Å². The molecule has 0 saturated carbocycles. The molecule has 1 unspecified atom stereocenters. The number of likely N-dealkylation sites (N-methyl/N-ethyl adjacent to an activating group) is 1. The number of nitrogens with zero attached hydrogens (tertiary/aromatic N) is 1. The lowest BCUT2D eigenvalue weighted by atomic mass is 9.97. The van der Waals surface area contributed by atoms with E-state index in [9.17, 15) is 0 Å². The highest BCUT2D eigenvalue weighted by molar-refractivity contribution is 7.99. The van der Waals surface area contributed by atoms with Crippen LogP contribution in [0.4, 0.5) is 0 Å². The van der Waals surface area contributed by atoms with E-state index in [1.807, 2.05) is 11.8 Å². The van der Waals surface area contributed by atoms with Crippen molar-refractivity contribution in [3.63, 3.8) is 0 Å². The van der Waals surface area contributed by atoms with Crippen LogP contribution >= 0.6 is 23.5 Å². The van der Waals surface area contributed by atoms with Gasteiger partial charge in [0.05, 0.1) is 0 Å². The van der Waals surface area contributed by atoms with E-state index in [2.05, 4.69) is 43.0 Å². The fraction of sp³-hybridized carbons (Fsp3) is 1.00. The molecular weight excluding hydrogens is 236 g/mol. The first kappa shape index (κ1) is 14.7. The van der Waals surface area contributed by atoms with Crippen molar-refractivity contribution in [1.29, 1.82) is 0 Å². The molecule has 0 aromatic rings. The van der Waals surface area contributed by atoms with Crippen molar-refractivity contribution in [2.75, 3.05) is 50.2 Å². The van der Waals surface area contributed by atoms with Crippen LogP contribution < -0.4 is 5.32 Å². The highest BCUT2D eigenvalue weighted by Gasteiger charge is 2.35. The molecule has 16 heavy (non-hydrogen) atoms. The van der Waals surface area contributed by atoms with E-state index in [4.69, 9.17) is 0 Å². The minimum absolute atomic E-state index is 0.419. The van der Waals surface area contributed by atoms with Gasteiger partial charge in [0.25, 0.3) is 0 Å². The summed E-state index contributed by atoms with van der Waals surface area (Å²) in [7, 11) is 4.45. The van der Waals surface area contributed by atoms with Crippen LogP contribution in [0.5, 0.6) is 0 Å². The predicted octanol–water partition coefficient (Wildman–Crippen LogP) is 2.16. The fourth-order valence-corrected chi connectivity index (χ4v) is 4.20. The van der Waals surface area contributed by atoms with Crippen LogP contribution in [0.3, 0.4) is 0 Å². The summed E-state index contributed by atoms with van der Waals surface area (Å²) in [6.07, 6.45) is 2.64. The molecule has 1 fully saturated rings. The van der Waals surface area contributed by atoms with Gasteiger partial charge < -0.3 is 10.2 Å². The average molecular weight is 262 g/mol. The second kappa shape index (κ2) is 7.85. The molecule has 0 aromatic carbocycles. The summed E-state index contributed by atoms with van der Waals surface area (Å²) in [6.45, 7) is 4.56. The zero-order chi connectivity index (χ0) is 11.9. The van der Waals surface area contributed by atoms with Gasteiger partial charge in [-0.15, -0.1) is 0 Å². The van der Waals surface area contributed by atoms with Gasteiger partial charge in [-0.3, -0.25) is 0 Å². The smallest absolute Gasteiger partial charge is 0.0425 e. The second-order valence-corrected chi connectivity index (χ2v) is 7.15. The Kier molecular flexibility index (Phi) is 7.20. The third kappa shape index (κ3) is 4.47. The number of hydrogen-bond donors (Lipinski definition) is 1. The van der Waals surface area contributed by atoms with Crippen molar-refractivity contribution in [1.82, 2.24) is 10.2 Å². The zero-order valence-corrected chi connectivity index (χ0v) is 12.6. The summed E-state index contributed by atoms with van der Waals surface area (Å²) < 4.78 is 0. The third-order valence-corrected chi connectivity index (χ3v) is 5.55. The predicted molar refractivity (Wildman–Crippen MR) is 78.8 cm³/mol. The lowest BCUT2D eigenvalue weighted by Crippen LogP contribution is -2.52. The van der Waals surface area contributed by atoms with Gasteiger partial charge in [0.15, 0.2) is 0 Å². The average Bonchev–Trinajstić information content (AvgIpc) is 2.73. The van der Waals surface area contributed by atoms with E-state index >= 15 is 0 Å². The molecule has 0 bridgehead atoms. The molecule has 0 radical (unpaired) electrons. The third-order valence-electron chi connectivity index (χ3n) is 3.33. The molecule has 1 atom stereocenters. The summed E-state index contributed by atoms with van der Waals surface area (Å²) in [5.41, 5.74) is 0.419. The highest BCUT2D eigenvalue weighted by Crippen LogP contribution is 2.31. The van der Waals surface area contributed by atoms with Crippen molar-refractivity contribution in [2.45, 2.75) is 25.3 Å². The summed E-state index contributed by atoms with van der Waals surface area (Å²) in [5, 5.41) is 3.64. The summed E-state index contributed by atoms with van der Waals surface area (Å²) in [6, 6.07) is 0. The summed E-state index contributed by atoms with van der Waals surface area (Å²) >= 11 is 4.14. The van der Waals surface area contributed by atoms with Crippen LogP contribution in [-0.4, -0.2) is 60.6 Å². The largest absolute Gasteiger partial charge is 0.315 e. The lowest BCUT2D eigenvalue weighted by molar-refractivity contribution is 0.176. The van der Waals surface area contributed by atoms with Crippen molar-refractivity contribution >= 4 is 23.5 Å². The van der Waals surface area contributed by atoms with Crippen LogP contribution in [-0.2, 0) is 0 Å². The Bertz CT molecular complexity index is 180. The van der Waals surface area contributed by atoms with Crippen molar-refractivity contribution in [3.05, 3.63) is 0 Å².